The van der Waals surface area contributed by atoms with Crippen LogP contribution in [0, 0.1) is 12.8 Å². The summed E-state index contributed by atoms with van der Waals surface area (Å²) < 4.78 is 28.6. The number of aliphatic carboxylic acids is 1. The summed E-state index contributed by atoms with van der Waals surface area (Å²) in [6.45, 7) is -0.0175. The van der Waals surface area contributed by atoms with Crippen LogP contribution in [0.4, 0.5) is 8.78 Å². The Morgan fingerprint density at radius 3 is 2.68 bits per heavy atom. The van der Waals surface area contributed by atoms with Crippen LogP contribution in [0.1, 0.15) is 21.5 Å². The molecule has 1 aromatic rings. The number of carbonyl (C=O) groups excluding carboxylic acids is 1. The summed E-state index contributed by atoms with van der Waals surface area (Å²) in [6.07, 6.45) is 0. The van der Waals surface area contributed by atoms with Gasteiger partial charge in [0, 0.05) is 11.4 Å². The minimum Gasteiger partial charge on any atom is -0.481 e. The van der Waals surface area contributed by atoms with Gasteiger partial charge in [-0.1, -0.05) is 6.92 Å². The Morgan fingerprint density at radius 2 is 2.16 bits per heavy atom. The van der Waals surface area contributed by atoms with Crippen molar-refractivity contribution in [2.24, 2.45) is 5.92 Å². The predicted octanol–water partition coefficient (Wildman–Crippen LogP) is 2.11. The number of ether oxygens (including phenoxy) is 1. The third-order valence-corrected chi connectivity index (χ3v) is 3.26. The lowest BCUT2D eigenvalue weighted by atomic mass is 10.2. The van der Waals surface area contributed by atoms with Crippen molar-refractivity contribution in [3.8, 4) is 5.75 Å². The van der Waals surface area contributed by atoms with Crippen molar-refractivity contribution in [2.45, 2.75) is 20.5 Å². The van der Waals surface area contributed by atoms with Gasteiger partial charge < -0.3 is 15.2 Å². The molecule has 0 fully saturated rings. The highest BCUT2D eigenvalue weighted by atomic mass is 32.1. The largest absolute Gasteiger partial charge is 0.481 e. The Balaban J connectivity index is 2.73. The average molecular weight is 293 g/mol. The minimum atomic E-state index is -3.02. The summed E-state index contributed by atoms with van der Waals surface area (Å²) in [7, 11) is 0. The number of nitrogens with one attached hydrogen (secondary N) is 1. The number of hydrogen-bond acceptors (Lipinski definition) is 4. The van der Waals surface area contributed by atoms with Crippen molar-refractivity contribution in [3.63, 3.8) is 0 Å². The summed E-state index contributed by atoms with van der Waals surface area (Å²) in [6, 6.07) is 1.34. The molecule has 0 radical (unpaired) electrons. The number of carbonyl (C=O) groups is 2. The Labute approximate surface area is 112 Å². The molecule has 19 heavy (non-hydrogen) atoms. The van der Waals surface area contributed by atoms with Crippen LogP contribution in [0.3, 0.4) is 0 Å². The normalized spacial score (nSPS) is 12.3. The van der Waals surface area contributed by atoms with Gasteiger partial charge in [0.1, 0.15) is 10.6 Å². The van der Waals surface area contributed by atoms with Crippen LogP contribution in [0.15, 0.2) is 6.07 Å². The van der Waals surface area contributed by atoms with Gasteiger partial charge in [-0.05, 0) is 13.0 Å². The fourth-order valence-corrected chi connectivity index (χ4v) is 2.11. The fraction of sp³-hybridized carbons (Fsp3) is 0.455. The molecule has 2 N–H and O–H groups in total. The predicted molar refractivity (Wildman–Crippen MR) is 64.8 cm³/mol. The minimum absolute atomic E-state index is 0.00962. The van der Waals surface area contributed by atoms with E-state index in [1.54, 1.807) is 6.92 Å². The summed E-state index contributed by atoms with van der Waals surface area (Å²) in [5, 5.41) is 11.0. The molecular formula is C11H13F2NO4S. The first kappa shape index (κ1) is 15.4. The van der Waals surface area contributed by atoms with Crippen LogP contribution in [0.25, 0.3) is 0 Å². The molecule has 0 spiro atoms. The summed E-state index contributed by atoms with van der Waals surface area (Å²) in [5.41, 5.74) is 0. The maximum atomic E-state index is 12.2. The van der Waals surface area contributed by atoms with E-state index < -0.39 is 24.4 Å². The molecule has 0 saturated carbocycles. The number of alkyl halides is 2. The van der Waals surface area contributed by atoms with E-state index in [0.29, 0.717) is 4.88 Å². The second-order valence-electron chi connectivity index (χ2n) is 3.88. The second-order valence-corrected chi connectivity index (χ2v) is 5.13. The van der Waals surface area contributed by atoms with E-state index in [-0.39, 0.29) is 17.2 Å². The zero-order chi connectivity index (χ0) is 14.6. The maximum Gasteiger partial charge on any atom is 0.387 e. The van der Waals surface area contributed by atoms with Crippen molar-refractivity contribution in [1.29, 1.82) is 0 Å². The molecule has 0 aromatic carbocycles. The monoisotopic (exact) mass is 293 g/mol. The number of halogens is 2. The number of carboxylic acid groups (broad SMARTS) is 1. The maximum absolute atomic E-state index is 12.2. The van der Waals surface area contributed by atoms with E-state index in [9.17, 15) is 18.4 Å². The van der Waals surface area contributed by atoms with E-state index in [1.807, 2.05) is 0 Å². The third kappa shape index (κ3) is 4.47. The van der Waals surface area contributed by atoms with Crippen LogP contribution in [0.2, 0.25) is 0 Å². The zero-order valence-corrected chi connectivity index (χ0v) is 11.1. The Hall–Kier alpha value is -1.70. The van der Waals surface area contributed by atoms with Gasteiger partial charge >= 0.3 is 12.6 Å². The van der Waals surface area contributed by atoms with Gasteiger partial charge in [-0.15, -0.1) is 11.3 Å². The number of carboxylic acids is 1. The highest BCUT2D eigenvalue weighted by molar-refractivity contribution is 7.14. The molecule has 0 aliphatic heterocycles. The van der Waals surface area contributed by atoms with Gasteiger partial charge in [0.05, 0.1) is 5.92 Å². The number of thiophene rings is 1. The van der Waals surface area contributed by atoms with E-state index in [2.05, 4.69) is 10.1 Å². The van der Waals surface area contributed by atoms with Gasteiger partial charge in [0.15, 0.2) is 0 Å². The van der Waals surface area contributed by atoms with Gasteiger partial charge in [-0.25, -0.2) is 0 Å². The topological polar surface area (TPSA) is 75.6 Å². The van der Waals surface area contributed by atoms with Crippen LogP contribution in [-0.4, -0.2) is 30.1 Å². The molecule has 1 atom stereocenters. The third-order valence-electron chi connectivity index (χ3n) is 2.23. The quantitative estimate of drug-likeness (QED) is 0.842. The molecule has 5 nitrogen and oxygen atoms in total. The van der Waals surface area contributed by atoms with Crippen LogP contribution < -0.4 is 10.1 Å². The molecular weight excluding hydrogens is 280 g/mol. The molecule has 106 valence electrons. The highest BCUT2D eigenvalue weighted by Gasteiger charge is 2.20. The number of rotatable bonds is 6. The molecule has 0 saturated heterocycles. The first-order valence-corrected chi connectivity index (χ1v) is 6.19. The summed E-state index contributed by atoms with van der Waals surface area (Å²) in [5.74, 6) is -2.63. The summed E-state index contributed by atoms with van der Waals surface area (Å²) in [4.78, 5) is 23.0. The molecule has 0 aliphatic rings. The number of aryl methyl sites for hydroxylation is 1. The van der Waals surface area contributed by atoms with E-state index in [0.717, 1.165) is 11.3 Å². The van der Waals surface area contributed by atoms with Crippen molar-refractivity contribution in [2.75, 3.05) is 6.54 Å². The zero-order valence-electron chi connectivity index (χ0n) is 10.3. The first-order chi connectivity index (χ1) is 8.81. The van der Waals surface area contributed by atoms with Gasteiger partial charge in [-0.3, -0.25) is 9.59 Å². The highest BCUT2D eigenvalue weighted by Crippen LogP contribution is 2.30. The molecule has 1 amide bonds. The van der Waals surface area contributed by atoms with Crippen LogP contribution in [0.5, 0.6) is 5.75 Å². The molecule has 0 bridgehead atoms. The van der Waals surface area contributed by atoms with Crippen molar-refractivity contribution in [3.05, 3.63) is 15.8 Å². The van der Waals surface area contributed by atoms with Crippen LogP contribution >= 0.6 is 11.3 Å². The number of amides is 1. The lowest BCUT2D eigenvalue weighted by molar-refractivity contribution is -0.140. The van der Waals surface area contributed by atoms with E-state index in [4.69, 9.17) is 5.11 Å². The molecule has 1 heterocycles. The lowest BCUT2D eigenvalue weighted by Gasteiger charge is -2.09. The van der Waals surface area contributed by atoms with Crippen LogP contribution in [-0.2, 0) is 4.79 Å². The van der Waals surface area contributed by atoms with Crippen molar-refractivity contribution < 1.29 is 28.2 Å². The molecule has 1 rings (SSSR count). The standard InChI is InChI=1S/C11H13F2NO4S/c1-5(10(16)17)4-14-9(15)8-7(18-11(12)13)3-6(2)19-8/h3,5,11H,4H2,1-2H3,(H,14,15)(H,16,17)/t5-/m0/s1. The second kappa shape index (κ2) is 6.46. The van der Waals surface area contributed by atoms with Crippen molar-refractivity contribution in [1.82, 2.24) is 5.32 Å². The number of hydrogen-bond donors (Lipinski definition) is 2. The molecule has 0 aliphatic carbocycles. The van der Waals surface area contributed by atoms with E-state index in [1.165, 1.54) is 13.0 Å². The lowest BCUT2D eigenvalue weighted by Crippen LogP contribution is -2.31. The fourth-order valence-electron chi connectivity index (χ4n) is 1.25. The smallest absolute Gasteiger partial charge is 0.387 e. The Morgan fingerprint density at radius 1 is 1.53 bits per heavy atom. The molecule has 8 heteroatoms. The van der Waals surface area contributed by atoms with Gasteiger partial charge in [-0.2, -0.15) is 8.78 Å². The van der Waals surface area contributed by atoms with Gasteiger partial charge in [0.25, 0.3) is 5.91 Å². The van der Waals surface area contributed by atoms with E-state index >= 15 is 0 Å². The first-order valence-electron chi connectivity index (χ1n) is 5.37. The SMILES string of the molecule is Cc1cc(OC(F)F)c(C(=O)NC[C@H](C)C(=O)O)s1. The average Bonchev–Trinajstić information content (AvgIpc) is 2.65. The van der Waals surface area contributed by atoms with Gasteiger partial charge in [0.2, 0.25) is 0 Å². The Bertz CT molecular complexity index is 475. The van der Waals surface area contributed by atoms with Crippen molar-refractivity contribution >= 4 is 23.2 Å². The molecule has 0 unspecified atom stereocenters. The molecule has 1 aromatic heterocycles. The Kier molecular flexibility index (Phi) is 5.22. The summed E-state index contributed by atoms with van der Waals surface area (Å²) >= 11 is 1.01.